The Balaban J connectivity index is 2.12. The lowest BCUT2D eigenvalue weighted by Crippen LogP contribution is -2.25. The predicted octanol–water partition coefficient (Wildman–Crippen LogP) is 3.07. The van der Waals surface area contributed by atoms with Crippen molar-refractivity contribution in [3.63, 3.8) is 0 Å². The topological polar surface area (TPSA) is 91.3 Å². The van der Waals surface area contributed by atoms with Crippen LogP contribution in [0.25, 0.3) is 10.9 Å². The van der Waals surface area contributed by atoms with Gasteiger partial charge in [-0.2, -0.15) is 0 Å². The maximum atomic E-state index is 12.9. The van der Waals surface area contributed by atoms with Gasteiger partial charge in [0.1, 0.15) is 12.3 Å². The molecular formula is C21H34N3O6P. The van der Waals surface area contributed by atoms with Gasteiger partial charge in [0.2, 0.25) is 0 Å². The van der Waals surface area contributed by atoms with Crippen LogP contribution in [0.15, 0.2) is 24.4 Å². The van der Waals surface area contributed by atoms with Crippen LogP contribution in [-0.4, -0.2) is 69.6 Å². The molecule has 0 aliphatic carbocycles. The van der Waals surface area contributed by atoms with Crippen LogP contribution >= 0.6 is 7.75 Å². The molecule has 0 spiro atoms. The van der Waals surface area contributed by atoms with Gasteiger partial charge in [-0.3, -0.25) is 13.8 Å². The highest BCUT2D eigenvalue weighted by Crippen LogP contribution is 2.43. The number of nitrogens with zero attached hydrogens (tertiary/aromatic N) is 2. The molecule has 174 valence electrons. The Morgan fingerprint density at radius 2 is 1.97 bits per heavy atom. The fourth-order valence-corrected chi connectivity index (χ4v) is 4.38. The van der Waals surface area contributed by atoms with Gasteiger partial charge in [0.15, 0.2) is 0 Å². The summed E-state index contributed by atoms with van der Waals surface area (Å²) in [6.07, 6.45) is 3.00. The molecule has 0 aliphatic heterocycles. The number of aromatic nitrogens is 1. The second-order valence-electron chi connectivity index (χ2n) is 7.17. The maximum absolute atomic E-state index is 12.9. The van der Waals surface area contributed by atoms with E-state index in [4.69, 9.17) is 18.5 Å². The minimum atomic E-state index is -3.62. The van der Waals surface area contributed by atoms with E-state index in [-0.39, 0.29) is 26.4 Å². The van der Waals surface area contributed by atoms with Crippen molar-refractivity contribution in [1.82, 2.24) is 14.6 Å². The van der Waals surface area contributed by atoms with Crippen LogP contribution in [0.4, 0.5) is 0 Å². The molecule has 1 atom stereocenters. The molecule has 2 rings (SSSR count). The molecule has 10 heteroatoms. The fraction of sp³-hybridized carbons (Fsp3) is 0.571. The van der Waals surface area contributed by atoms with Crippen molar-refractivity contribution in [2.75, 3.05) is 54.1 Å². The van der Waals surface area contributed by atoms with E-state index in [1.807, 2.05) is 26.2 Å². The molecule has 9 nitrogen and oxygen atoms in total. The van der Waals surface area contributed by atoms with Crippen LogP contribution in [0.3, 0.4) is 0 Å². The first-order valence-corrected chi connectivity index (χ1v) is 12.0. The molecule has 1 aromatic carbocycles. The normalized spacial score (nSPS) is 13.5. The minimum absolute atomic E-state index is 0.140. The van der Waals surface area contributed by atoms with Crippen LogP contribution in [0.2, 0.25) is 0 Å². The summed E-state index contributed by atoms with van der Waals surface area (Å²) < 4.78 is 36.0. The summed E-state index contributed by atoms with van der Waals surface area (Å²) >= 11 is 0. The number of ether oxygens (including phenoxy) is 2. The Hall–Kier alpha value is -1.90. The summed E-state index contributed by atoms with van der Waals surface area (Å²) in [6, 6.07) is 5.99. The van der Waals surface area contributed by atoms with Crippen LogP contribution in [0.1, 0.15) is 19.4 Å². The van der Waals surface area contributed by atoms with E-state index in [0.29, 0.717) is 6.54 Å². The Kier molecular flexibility index (Phi) is 9.99. The molecule has 1 unspecified atom stereocenters. The van der Waals surface area contributed by atoms with Crippen LogP contribution in [-0.2, 0) is 36.1 Å². The third-order valence-electron chi connectivity index (χ3n) is 4.62. The quantitative estimate of drug-likeness (QED) is 0.343. The molecule has 31 heavy (non-hydrogen) atoms. The number of rotatable bonds is 14. The summed E-state index contributed by atoms with van der Waals surface area (Å²) in [7, 11) is 2.11. The van der Waals surface area contributed by atoms with E-state index >= 15 is 0 Å². The van der Waals surface area contributed by atoms with Crippen molar-refractivity contribution in [1.29, 1.82) is 0 Å². The largest absolute Gasteiger partial charge is 0.497 e. The van der Waals surface area contributed by atoms with E-state index in [0.717, 1.165) is 29.6 Å². The number of esters is 1. The molecule has 0 radical (unpaired) electrons. The van der Waals surface area contributed by atoms with E-state index in [1.54, 1.807) is 21.0 Å². The van der Waals surface area contributed by atoms with Crippen molar-refractivity contribution >= 4 is 24.6 Å². The molecule has 0 saturated heterocycles. The lowest BCUT2D eigenvalue weighted by atomic mass is 10.1. The fourth-order valence-electron chi connectivity index (χ4n) is 3.13. The second kappa shape index (κ2) is 12.2. The molecular weight excluding hydrogens is 421 g/mol. The number of hydrogen-bond donors (Lipinski definition) is 1. The zero-order valence-electron chi connectivity index (χ0n) is 19.1. The third kappa shape index (κ3) is 7.63. The van der Waals surface area contributed by atoms with Crippen molar-refractivity contribution in [3.8, 4) is 5.75 Å². The van der Waals surface area contributed by atoms with Gasteiger partial charge in [-0.1, -0.05) is 0 Å². The summed E-state index contributed by atoms with van der Waals surface area (Å²) in [6.45, 7) is 5.14. The van der Waals surface area contributed by atoms with Crippen LogP contribution in [0.5, 0.6) is 5.75 Å². The highest BCUT2D eigenvalue weighted by Gasteiger charge is 2.25. The van der Waals surface area contributed by atoms with E-state index < -0.39 is 13.7 Å². The first kappa shape index (κ1) is 25.4. The van der Waals surface area contributed by atoms with E-state index in [2.05, 4.69) is 26.8 Å². The lowest BCUT2D eigenvalue weighted by molar-refractivity contribution is -0.141. The van der Waals surface area contributed by atoms with Gasteiger partial charge >= 0.3 is 13.7 Å². The molecule has 1 N–H and O–H groups in total. The monoisotopic (exact) mass is 455 g/mol. The molecule has 0 aliphatic rings. The van der Waals surface area contributed by atoms with Gasteiger partial charge in [0, 0.05) is 30.7 Å². The standard InChI is InChI=1S/C21H34N3O6P/c1-6-28-21(25)15-22-31(26,29-7-2)30-13-12-24-16-17(10-11-23(3)4)19-9-8-18(27-5)14-20(19)24/h8-9,14,16H,6-7,10-13,15H2,1-5H3,(H,22,26). The summed E-state index contributed by atoms with van der Waals surface area (Å²) in [5.41, 5.74) is 2.24. The second-order valence-corrected chi connectivity index (χ2v) is 9.00. The first-order valence-electron chi connectivity index (χ1n) is 10.4. The highest BCUT2D eigenvalue weighted by atomic mass is 31.2. The zero-order chi connectivity index (χ0) is 22.9. The van der Waals surface area contributed by atoms with Gasteiger partial charge in [-0.15, -0.1) is 0 Å². The molecule has 1 aromatic heterocycles. The van der Waals surface area contributed by atoms with Crippen molar-refractivity contribution in [3.05, 3.63) is 30.0 Å². The molecule has 0 fully saturated rings. The van der Waals surface area contributed by atoms with Gasteiger partial charge in [-0.05, 0) is 52.1 Å². The number of carbonyl (C=O) groups excluding carboxylic acids is 1. The van der Waals surface area contributed by atoms with Crippen LogP contribution < -0.4 is 9.82 Å². The first-order chi connectivity index (χ1) is 14.8. The number of fused-ring (bicyclic) bond motifs is 1. The van der Waals surface area contributed by atoms with Crippen LogP contribution in [0, 0.1) is 0 Å². The van der Waals surface area contributed by atoms with E-state index in [1.165, 1.54) is 5.56 Å². The SMILES string of the molecule is CCOC(=O)CNP(=O)(OCC)OCCn1cc(CCN(C)C)c2ccc(OC)cc21. The van der Waals surface area contributed by atoms with Crippen molar-refractivity contribution in [2.24, 2.45) is 0 Å². The van der Waals surface area contributed by atoms with Crippen molar-refractivity contribution in [2.45, 2.75) is 26.8 Å². The molecule has 2 aromatic rings. The minimum Gasteiger partial charge on any atom is -0.497 e. The summed E-state index contributed by atoms with van der Waals surface area (Å²) in [5.74, 6) is 0.253. The molecule has 0 bridgehead atoms. The summed E-state index contributed by atoms with van der Waals surface area (Å²) in [4.78, 5) is 13.7. The third-order valence-corrected chi connectivity index (χ3v) is 6.28. The van der Waals surface area contributed by atoms with Crippen molar-refractivity contribution < 1.29 is 27.9 Å². The average Bonchev–Trinajstić information content (AvgIpc) is 3.08. The number of methoxy groups -OCH3 is 1. The highest BCUT2D eigenvalue weighted by molar-refractivity contribution is 7.51. The number of hydrogen-bond acceptors (Lipinski definition) is 7. The molecule has 1 heterocycles. The Morgan fingerprint density at radius 1 is 1.19 bits per heavy atom. The zero-order valence-corrected chi connectivity index (χ0v) is 19.9. The Labute approximate surface area is 184 Å². The lowest BCUT2D eigenvalue weighted by Gasteiger charge is -2.18. The predicted molar refractivity (Wildman–Crippen MR) is 121 cm³/mol. The average molecular weight is 455 g/mol. The van der Waals surface area contributed by atoms with E-state index in [9.17, 15) is 9.36 Å². The number of likely N-dealkylation sites (N-methyl/N-ethyl adjacent to an activating group) is 1. The molecule has 0 saturated carbocycles. The Bertz CT molecular complexity index is 899. The maximum Gasteiger partial charge on any atom is 0.406 e. The van der Waals surface area contributed by atoms with Gasteiger partial charge in [0.05, 0.1) is 32.4 Å². The van der Waals surface area contributed by atoms with Gasteiger partial charge < -0.3 is 18.9 Å². The molecule has 0 amide bonds. The number of nitrogens with one attached hydrogen (secondary N) is 1. The van der Waals surface area contributed by atoms with Gasteiger partial charge in [0.25, 0.3) is 0 Å². The van der Waals surface area contributed by atoms with Gasteiger partial charge in [-0.25, -0.2) is 9.65 Å². The number of benzene rings is 1. The Morgan fingerprint density at radius 3 is 2.61 bits per heavy atom. The number of carbonyl (C=O) groups is 1. The smallest absolute Gasteiger partial charge is 0.406 e. The summed E-state index contributed by atoms with van der Waals surface area (Å²) in [5, 5.41) is 3.71.